The molecule has 286 valence electrons. The molecule has 4 N–H and O–H groups in total. The number of aliphatic hydroxyl groups excluding tert-OH is 1. The molecule has 54 heavy (non-hydrogen) atoms. The molecule has 0 aromatic heterocycles. The fraction of sp³-hybridized carbons (Fsp3) is 0.409. The third kappa shape index (κ3) is 11.8. The van der Waals surface area contributed by atoms with Gasteiger partial charge in [0.2, 0.25) is 11.8 Å². The lowest BCUT2D eigenvalue weighted by Crippen LogP contribution is -2.49. The highest BCUT2D eigenvalue weighted by atomic mass is 16.7. The van der Waals surface area contributed by atoms with Crippen molar-refractivity contribution in [3.05, 3.63) is 131 Å². The first kappa shape index (κ1) is 39.3. The first-order valence-corrected chi connectivity index (χ1v) is 19.3. The Morgan fingerprint density at radius 2 is 1.33 bits per heavy atom. The van der Waals surface area contributed by atoms with E-state index in [1.165, 1.54) is 5.56 Å². The number of carbonyl (C=O) groups is 2. The number of amides is 2. The van der Waals surface area contributed by atoms with E-state index >= 15 is 0 Å². The molecule has 0 aliphatic carbocycles. The van der Waals surface area contributed by atoms with Crippen molar-refractivity contribution in [2.75, 3.05) is 32.7 Å². The normalized spacial score (nSPS) is 19.3. The Morgan fingerprint density at radius 1 is 0.667 bits per heavy atom. The Morgan fingerprint density at radius 3 is 2.06 bits per heavy atom. The van der Waals surface area contributed by atoms with Crippen LogP contribution in [0.5, 0.6) is 0 Å². The molecular formula is C44H54N4O6. The first-order valence-electron chi connectivity index (χ1n) is 19.3. The molecule has 0 saturated carbocycles. The zero-order valence-corrected chi connectivity index (χ0v) is 31.1. The largest absolute Gasteiger partial charge is 0.392 e. The van der Waals surface area contributed by atoms with Gasteiger partial charge >= 0.3 is 0 Å². The predicted molar refractivity (Wildman–Crippen MR) is 208 cm³/mol. The van der Waals surface area contributed by atoms with Crippen LogP contribution in [0.4, 0.5) is 0 Å². The van der Waals surface area contributed by atoms with Crippen molar-refractivity contribution < 1.29 is 29.4 Å². The lowest BCUT2D eigenvalue weighted by atomic mass is 9.98. The number of nitrogens with one attached hydrogen (secondary N) is 2. The minimum Gasteiger partial charge on any atom is -0.392 e. The van der Waals surface area contributed by atoms with Crippen molar-refractivity contribution >= 4 is 11.8 Å². The van der Waals surface area contributed by atoms with Gasteiger partial charge in [-0.05, 0) is 58.4 Å². The maximum absolute atomic E-state index is 12.5. The van der Waals surface area contributed by atoms with E-state index in [4.69, 9.17) is 14.7 Å². The molecule has 0 unspecified atom stereocenters. The van der Waals surface area contributed by atoms with Gasteiger partial charge in [0, 0.05) is 70.6 Å². The minimum absolute atomic E-state index is 0.00581. The summed E-state index contributed by atoms with van der Waals surface area (Å²) in [6.07, 6.45) is 3.91. The monoisotopic (exact) mass is 734 g/mol. The van der Waals surface area contributed by atoms with Crippen LogP contribution in [0.2, 0.25) is 0 Å². The van der Waals surface area contributed by atoms with Gasteiger partial charge in [-0.25, -0.2) is 5.48 Å². The predicted octanol–water partition coefficient (Wildman–Crippen LogP) is 6.67. The Bertz CT molecular complexity index is 1760. The molecular weight excluding hydrogens is 681 g/mol. The summed E-state index contributed by atoms with van der Waals surface area (Å²) >= 11 is 0. The molecule has 10 nitrogen and oxygen atoms in total. The molecule has 2 fully saturated rings. The Balaban J connectivity index is 1.07. The number of hydrogen-bond acceptors (Lipinski definition) is 8. The number of carbonyl (C=O) groups excluding carboxylic acids is 2. The molecule has 0 spiro atoms. The third-order valence-electron chi connectivity index (χ3n) is 10.4. The van der Waals surface area contributed by atoms with Crippen LogP contribution >= 0.6 is 0 Å². The van der Waals surface area contributed by atoms with E-state index in [2.05, 4.69) is 87.9 Å². The van der Waals surface area contributed by atoms with Gasteiger partial charge in [0.15, 0.2) is 6.29 Å². The summed E-state index contributed by atoms with van der Waals surface area (Å²) in [5.74, 6) is -0.372. The zero-order valence-electron chi connectivity index (χ0n) is 31.1. The molecule has 2 aliphatic rings. The number of unbranched alkanes of at least 4 members (excludes halogenated alkanes) is 3. The zero-order chi connectivity index (χ0) is 37.5. The van der Waals surface area contributed by atoms with E-state index in [0.29, 0.717) is 19.4 Å². The van der Waals surface area contributed by atoms with Crippen LogP contribution in [0.1, 0.15) is 85.2 Å². The van der Waals surface area contributed by atoms with Crippen molar-refractivity contribution in [3.8, 4) is 11.1 Å². The second-order valence-electron chi connectivity index (χ2n) is 14.5. The van der Waals surface area contributed by atoms with Crippen molar-refractivity contribution in [2.24, 2.45) is 0 Å². The van der Waals surface area contributed by atoms with Crippen molar-refractivity contribution in [1.29, 1.82) is 0 Å². The van der Waals surface area contributed by atoms with Gasteiger partial charge in [-0.3, -0.25) is 24.6 Å². The summed E-state index contributed by atoms with van der Waals surface area (Å²) in [6.45, 7) is 6.29. The second kappa shape index (κ2) is 20.3. The van der Waals surface area contributed by atoms with Crippen LogP contribution in [0.15, 0.2) is 103 Å². The molecule has 10 heteroatoms. The highest BCUT2D eigenvalue weighted by molar-refractivity contribution is 5.76. The summed E-state index contributed by atoms with van der Waals surface area (Å²) in [7, 11) is 0. The smallest absolute Gasteiger partial charge is 0.243 e. The standard InChI is InChI=1S/C44H54N4O6/c49-32-34-18-20-36(21-19-34)41-28-40(31-48-24-22-47(23-25-48)30-33-10-4-3-5-11-33)53-44(54-41)39-15-9-14-38(27-39)37-13-8-12-35(26-37)29-45-42(50)16-6-1-2-7-17-43(51)46-52/h3-5,8-15,18-21,26-27,40-41,44,49,52H,1-2,6-7,16-17,22-25,28-32H2,(H,45,50)(H,46,51)/t40-,41+,44+/m1/s1. The highest BCUT2D eigenvalue weighted by Gasteiger charge is 2.34. The molecule has 6 rings (SSSR count). The Labute approximate surface area is 319 Å². The summed E-state index contributed by atoms with van der Waals surface area (Å²) in [5.41, 5.74) is 9.01. The van der Waals surface area contributed by atoms with Gasteiger partial charge in [0.25, 0.3) is 0 Å². The molecule has 0 radical (unpaired) electrons. The minimum atomic E-state index is -0.542. The molecule has 2 heterocycles. The topological polar surface area (TPSA) is 124 Å². The van der Waals surface area contributed by atoms with Gasteiger partial charge in [0.05, 0.1) is 18.8 Å². The number of ether oxygens (including phenoxy) is 2. The average Bonchev–Trinajstić information content (AvgIpc) is 3.22. The maximum Gasteiger partial charge on any atom is 0.243 e. The van der Waals surface area contributed by atoms with Crippen molar-refractivity contribution in [2.45, 2.75) is 83.1 Å². The van der Waals surface area contributed by atoms with Crippen molar-refractivity contribution in [1.82, 2.24) is 20.6 Å². The lowest BCUT2D eigenvalue weighted by Gasteiger charge is -2.41. The molecule has 4 aromatic rings. The molecule has 4 aromatic carbocycles. The summed E-state index contributed by atoms with van der Waals surface area (Å²) in [4.78, 5) is 28.7. The van der Waals surface area contributed by atoms with Crippen LogP contribution in [0.25, 0.3) is 11.1 Å². The van der Waals surface area contributed by atoms with Crippen LogP contribution in [-0.2, 0) is 38.8 Å². The second-order valence-corrected chi connectivity index (χ2v) is 14.5. The van der Waals surface area contributed by atoms with E-state index in [0.717, 1.165) is 98.3 Å². The fourth-order valence-electron chi connectivity index (χ4n) is 7.29. The van der Waals surface area contributed by atoms with Crippen LogP contribution in [0, 0.1) is 0 Å². The van der Waals surface area contributed by atoms with Crippen LogP contribution < -0.4 is 10.8 Å². The number of piperazine rings is 1. The number of aliphatic hydroxyl groups is 1. The summed E-state index contributed by atoms with van der Waals surface area (Å²) in [5, 5.41) is 21.3. The van der Waals surface area contributed by atoms with Gasteiger partial charge < -0.3 is 19.9 Å². The van der Waals surface area contributed by atoms with Gasteiger partial charge in [0.1, 0.15) is 0 Å². The molecule has 2 aliphatic heterocycles. The van der Waals surface area contributed by atoms with Gasteiger partial charge in [-0.2, -0.15) is 0 Å². The summed E-state index contributed by atoms with van der Waals surface area (Å²) in [6, 6.07) is 35.3. The van der Waals surface area contributed by atoms with E-state index < -0.39 is 6.29 Å². The lowest BCUT2D eigenvalue weighted by molar-refractivity contribution is -0.253. The number of benzene rings is 4. The quantitative estimate of drug-likeness (QED) is 0.0539. The first-order chi connectivity index (χ1) is 26.4. The Kier molecular flexibility index (Phi) is 14.8. The number of nitrogens with zero attached hydrogens (tertiary/aromatic N) is 2. The van der Waals surface area contributed by atoms with E-state index in [1.54, 1.807) is 5.48 Å². The van der Waals surface area contributed by atoms with E-state index in [-0.39, 0.29) is 37.0 Å². The SMILES string of the molecule is O=C(CCCCCCC(=O)NCc1cccc(-c2cccc([C@H]3O[C@@H](CN4CCN(Cc5ccccc5)CC4)C[C@@H](c4ccc(CO)cc4)O3)c2)c1)NO. The van der Waals surface area contributed by atoms with E-state index in [1.807, 2.05) is 30.3 Å². The molecule has 2 saturated heterocycles. The van der Waals surface area contributed by atoms with Gasteiger partial charge in [-0.15, -0.1) is 0 Å². The fourth-order valence-corrected chi connectivity index (χ4v) is 7.29. The van der Waals surface area contributed by atoms with Gasteiger partial charge in [-0.1, -0.05) is 104 Å². The van der Waals surface area contributed by atoms with Crippen LogP contribution in [0.3, 0.4) is 0 Å². The van der Waals surface area contributed by atoms with Crippen LogP contribution in [-0.4, -0.2) is 70.8 Å². The average molecular weight is 735 g/mol. The number of hydrogen-bond donors (Lipinski definition) is 4. The number of hydroxylamine groups is 1. The Hall–Kier alpha value is -4.42. The maximum atomic E-state index is 12.5. The third-order valence-corrected chi connectivity index (χ3v) is 10.4. The molecule has 2 amide bonds. The molecule has 0 bridgehead atoms. The molecule has 3 atom stereocenters. The number of rotatable bonds is 17. The van der Waals surface area contributed by atoms with Crippen molar-refractivity contribution in [3.63, 3.8) is 0 Å². The van der Waals surface area contributed by atoms with E-state index in [9.17, 15) is 14.7 Å². The highest BCUT2D eigenvalue weighted by Crippen LogP contribution is 2.39. The summed E-state index contributed by atoms with van der Waals surface area (Å²) < 4.78 is 13.4.